The SMILES string of the molecule is CC(N)=CC(N)=NCc1cccc(Oc2ccccc2)c1. The summed E-state index contributed by atoms with van der Waals surface area (Å²) < 4.78 is 5.78. The maximum absolute atomic E-state index is 5.78. The van der Waals surface area contributed by atoms with Gasteiger partial charge in [-0.1, -0.05) is 30.3 Å². The average molecular weight is 281 g/mol. The fourth-order valence-corrected chi connectivity index (χ4v) is 1.79. The largest absolute Gasteiger partial charge is 0.457 e. The molecule has 0 aliphatic carbocycles. The molecule has 0 saturated carbocycles. The Balaban J connectivity index is 2.06. The van der Waals surface area contributed by atoms with Crippen LogP contribution in [-0.4, -0.2) is 5.84 Å². The Kier molecular flexibility index (Phi) is 4.99. The number of nitrogens with two attached hydrogens (primary N) is 2. The van der Waals surface area contributed by atoms with Gasteiger partial charge in [-0.25, -0.2) is 0 Å². The summed E-state index contributed by atoms with van der Waals surface area (Å²) in [7, 11) is 0. The van der Waals surface area contributed by atoms with E-state index >= 15 is 0 Å². The third-order valence-corrected chi connectivity index (χ3v) is 2.70. The van der Waals surface area contributed by atoms with Crippen molar-refractivity contribution in [2.45, 2.75) is 13.5 Å². The lowest BCUT2D eigenvalue weighted by molar-refractivity contribution is 0.482. The van der Waals surface area contributed by atoms with Gasteiger partial charge >= 0.3 is 0 Å². The van der Waals surface area contributed by atoms with Crippen molar-refractivity contribution in [3.05, 3.63) is 71.9 Å². The van der Waals surface area contributed by atoms with Crippen LogP contribution in [0.25, 0.3) is 0 Å². The number of ether oxygens (including phenoxy) is 1. The first-order valence-corrected chi connectivity index (χ1v) is 6.69. The molecule has 0 saturated heterocycles. The molecule has 0 fully saturated rings. The molecular formula is C17H19N3O. The van der Waals surface area contributed by atoms with Crippen molar-refractivity contribution < 1.29 is 4.74 Å². The number of hydrogen-bond acceptors (Lipinski definition) is 3. The van der Waals surface area contributed by atoms with Gasteiger partial charge in [0, 0.05) is 5.70 Å². The Morgan fingerprint density at radius 2 is 1.76 bits per heavy atom. The van der Waals surface area contributed by atoms with Crippen LogP contribution in [0, 0.1) is 0 Å². The molecule has 0 radical (unpaired) electrons. The summed E-state index contributed by atoms with van der Waals surface area (Å²) in [5.41, 5.74) is 13.0. The van der Waals surface area contributed by atoms with E-state index in [2.05, 4.69) is 4.99 Å². The number of aliphatic imine (C=N–C) groups is 1. The molecule has 0 spiro atoms. The van der Waals surface area contributed by atoms with E-state index in [1.165, 1.54) is 0 Å². The second-order valence-electron chi connectivity index (χ2n) is 4.69. The van der Waals surface area contributed by atoms with Gasteiger partial charge < -0.3 is 16.2 Å². The van der Waals surface area contributed by atoms with Crippen LogP contribution >= 0.6 is 0 Å². The Morgan fingerprint density at radius 1 is 1.05 bits per heavy atom. The third kappa shape index (κ3) is 5.03. The highest BCUT2D eigenvalue weighted by atomic mass is 16.5. The minimum atomic E-state index is 0.421. The Hall–Kier alpha value is -2.75. The molecule has 0 unspecified atom stereocenters. The number of allylic oxidation sites excluding steroid dienone is 1. The zero-order valence-electron chi connectivity index (χ0n) is 12.0. The summed E-state index contributed by atoms with van der Waals surface area (Å²) in [5, 5.41) is 0. The molecule has 4 nitrogen and oxygen atoms in total. The highest BCUT2D eigenvalue weighted by Gasteiger charge is 1.98. The van der Waals surface area contributed by atoms with E-state index in [4.69, 9.17) is 16.2 Å². The molecule has 4 N–H and O–H groups in total. The van der Waals surface area contributed by atoms with Crippen molar-refractivity contribution in [3.8, 4) is 11.5 Å². The van der Waals surface area contributed by atoms with Gasteiger partial charge in [-0.2, -0.15) is 0 Å². The third-order valence-electron chi connectivity index (χ3n) is 2.70. The van der Waals surface area contributed by atoms with E-state index in [0.717, 1.165) is 17.1 Å². The second-order valence-corrected chi connectivity index (χ2v) is 4.69. The topological polar surface area (TPSA) is 73.6 Å². The van der Waals surface area contributed by atoms with Crippen LogP contribution in [-0.2, 0) is 6.54 Å². The zero-order valence-corrected chi connectivity index (χ0v) is 12.0. The van der Waals surface area contributed by atoms with Crippen molar-refractivity contribution in [1.29, 1.82) is 0 Å². The van der Waals surface area contributed by atoms with Crippen molar-refractivity contribution >= 4 is 5.84 Å². The first-order valence-electron chi connectivity index (χ1n) is 6.69. The minimum Gasteiger partial charge on any atom is -0.457 e. The molecule has 0 aromatic heterocycles. The molecule has 21 heavy (non-hydrogen) atoms. The molecule has 108 valence electrons. The molecule has 2 rings (SSSR count). The van der Waals surface area contributed by atoms with Gasteiger partial charge in [0.05, 0.1) is 6.54 Å². The zero-order chi connectivity index (χ0) is 15.1. The highest BCUT2D eigenvalue weighted by molar-refractivity contribution is 5.91. The van der Waals surface area contributed by atoms with E-state index in [1.54, 1.807) is 13.0 Å². The average Bonchev–Trinajstić information content (AvgIpc) is 2.46. The maximum Gasteiger partial charge on any atom is 0.127 e. The summed E-state index contributed by atoms with van der Waals surface area (Å²) in [6, 6.07) is 17.4. The van der Waals surface area contributed by atoms with Crippen molar-refractivity contribution in [3.63, 3.8) is 0 Å². The number of benzene rings is 2. The van der Waals surface area contributed by atoms with Crippen LogP contribution in [0.1, 0.15) is 12.5 Å². The summed E-state index contributed by atoms with van der Waals surface area (Å²) in [6.07, 6.45) is 1.64. The number of rotatable bonds is 5. The first kappa shape index (κ1) is 14.7. The molecule has 0 aliphatic rings. The lowest BCUT2D eigenvalue weighted by Crippen LogP contribution is -2.10. The Labute approximate surface area is 124 Å². The lowest BCUT2D eigenvalue weighted by atomic mass is 10.2. The van der Waals surface area contributed by atoms with Crippen LogP contribution in [0.5, 0.6) is 11.5 Å². The summed E-state index contributed by atoms with van der Waals surface area (Å²) >= 11 is 0. The normalized spacial score (nSPS) is 12.2. The molecule has 4 heteroatoms. The maximum atomic E-state index is 5.78. The van der Waals surface area contributed by atoms with E-state index in [1.807, 2.05) is 54.6 Å². The van der Waals surface area contributed by atoms with E-state index in [0.29, 0.717) is 18.1 Å². The quantitative estimate of drug-likeness (QED) is 0.653. The molecule has 0 bridgehead atoms. The van der Waals surface area contributed by atoms with Gasteiger partial charge in [-0.3, -0.25) is 4.99 Å². The molecular weight excluding hydrogens is 262 g/mol. The molecule has 0 amide bonds. The number of hydrogen-bond donors (Lipinski definition) is 2. The number of nitrogens with zero attached hydrogens (tertiary/aromatic N) is 1. The Morgan fingerprint density at radius 3 is 2.48 bits per heavy atom. The number of para-hydroxylation sites is 1. The second kappa shape index (κ2) is 7.14. The number of amidine groups is 1. The molecule has 0 atom stereocenters. The molecule has 0 heterocycles. The highest BCUT2D eigenvalue weighted by Crippen LogP contribution is 2.22. The molecule has 2 aromatic carbocycles. The van der Waals surface area contributed by atoms with Gasteiger partial charge in [0.1, 0.15) is 17.3 Å². The summed E-state index contributed by atoms with van der Waals surface area (Å²) in [6.45, 7) is 2.26. The fourth-order valence-electron chi connectivity index (χ4n) is 1.79. The summed E-state index contributed by atoms with van der Waals surface area (Å²) in [5.74, 6) is 2.00. The molecule has 0 aliphatic heterocycles. The van der Waals surface area contributed by atoms with Crippen LogP contribution in [0.2, 0.25) is 0 Å². The smallest absolute Gasteiger partial charge is 0.127 e. The van der Waals surface area contributed by atoms with Gasteiger partial charge in [-0.05, 0) is 42.8 Å². The van der Waals surface area contributed by atoms with Crippen LogP contribution < -0.4 is 16.2 Å². The van der Waals surface area contributed by atoms with Crippen molar-refractivity contribution in [1.82, 2.24) is 0 Å². The van der Waals surface area contributed by atoms with Crippen molar-refractivity contribution in [2.24, 2.45) is 16.5 Å². The molecule has 2 aromatic rings. The standard InChI is InChI=1S/C17H19N3O/c1-13(18)10-17(19)20-12-14-6-5-9-16(11-14)21-15-7-3-2-4-8-15/h2-11H,12,18H2,1H3,(H2,19,20). The van der Waals surface area contributed by atoms with Gasteiger partial charge in [0.15, 0.2) is 0 Å². The van der Waals surface area contributed by atoms with E-state index in [-0.39, 0.29) is 0 Å². The van der Waals surface area contributed by atoms with Crippen LogP contribution in [0.4, 0.5) is 0 Å². The fraction of sp³-hybridized carbons (Fsp3) is 0.118. The van der Waals surface area contributed by atoms with Gasteiger partial charge in [0.25, 0.3) is 0 Å². The van der Waals surface area contributed by atoms with E-state index < -0.39 is 0 Å². The van der Waals surface area contributed by atoms with Gasteiger partial charge in [-0.15, -0.1) is 0 Å². The van der Waals surface area contributed by atoms with Crippen LogP contribution in [0.3, 0.4) is 0 Å². The first-order chi connectivity index (χ1) is 10.1. The monoisotopic (exact) mass is 281 g/mol. The van der Waals surface area contributed by atoms with Gasteiger partial charge in [0.2, 0.25) is 0 Å². The Bertz CT molecular complexity index is 644. The van der Waals surface area contributed by atoms with E-state index in [9.17, 15) is 0 Å². The van der Waals surface area contributed by atoms with Crippen LogP contribution in [0.15, 0.2) is 71.4 Å². The predicted molar refractivity (Wildman–Crippen MR) is 86.2 cm³/mol. The van der Waals surface area contributed by atoms with Crippen molar-refractivity contribution in [2.75, 3.05) is 0 Å². The predicted octanol–water partition coefficient (Wildman–Crippen LogP) is 3.20. The lowest BCUT2D eigenvalue weighted by Gasteiger charge is -2.06. The summed E-state index contributed by atoms with van der Waals surface area (Å²) in [4.78, 5) is 4.27. The minimum absolute atomic E-state index is 0.421.